The van der Waals surface area contributed by atoms with E-state index < -0.39 is 0 Å². The molecule has 1 aliphatic heterocycles. The van der Waals surface area contributed by atoms with Crippen molar-refractivity contribution >= 4 is 11.8 Å². The molecule has 0 aliphatic carbocycles. The fourth-order valence-electron chi connectivity index (χ4n) is 3.74. The van der Waals surface area contributed by atoms with Crippen LogP contribution in [-0.4, -0.2) is 61.4 Å². The number of morpholine rings is 1. The highest BCUT2D eigenvalue weighted by molar-refractivity contribution is 5.79. The average Bonchev–Trinajstić information content (AvgIpc) is 2.83. The number of methoxy groups -OCH3 is 1. The maximum Gasteiger partial charge on any atom is 0.221 e. The SMILES string of the molecule is COc1cccc(-c2cccc(-c3cnc(N)nc3NCCCN3CCOCC3)c2)c1. The van der Waals surface area contributed by atoms with Gasteiger partial charge >= 0.3 is 0 Å². The predicted molar refractivity (Wildman–Crippen MR) is 124 cm³/mol. The van der Waals surface area contributed by atoms with Gasteiger partial charge in [0.15, 0.2) is 0 Å². The molecular weight excluding hydrogens is 390 g/mol. The summed E-state index contributed by atoms with van der Waals surface area (Å²) in [6.07, 6.45) is 2.81. The van der Waals surface area contributed by atoms with Crippen molar-refractivity contribution in [3.63, 3.8) is 0 Å². The van der Waals surface area contributed by atoms with Crippen molar-refractivity contribution in [2.45, 2.75) is 6.42 Å². The topological polar surface area (TPSA) is 85.5 Å². The Morgan fingerprint density at radius 2 is 1.81 bits per heavy atom. The first kappa shape index (κ1) is 21.1. The normalized spacial score (nSPS) is 14.4. The Morgan fingerprint density at radius 3 is 2.61 bits per heavy atom. The van der Waals surface area contributed by atoms with E-state index in [9.17, 15) is 0 Å². The van der Waals surface area contributed by atoms with Gasteiger partial charge in [0.2, 0.25) is 5.95 Å². The van der Waals surface area contributed by atoms with E-state index in [-0.39, 0.29) is 5.95 Å². The summed E-state index contributed by atoms with van der Waals surface area (Å²) in [5.74, 6) is 1.86. The Kier molecular flexibility index (Phi) is 6.96. The number of benzene rings is 2. The molecule has 2 aromatic carbocycles. The van der Waals surface area contributed by atoms with Crippen LogP contribution in [-0.2, 0) is 4.74 Å². The lowest BCUT2D eigenvalue weighted by Gasteiger charge is -2.26. The zero-order chi connectivity index (χ0) is 21.5. The van der Waals surface area contributed by atoms with E-state index in [1.165, 1.54) is 0 Å². The predicted octanol–water partition coefficient (Wildman–Crippen LogP) is 3.54. The smallest absolute Gasteiger partial charge is 0.221 e. The number of nitrogens with zero attached hydrogens (tertiary/aromatic N) is 3. The summed E-state index contributed by atoms with van der Waals surface area (Å²) in [5.41, 5.74) is 10.1. The zero-order valence-electron chi connectivity index (χ0n) is 17.9. The van der Waals surface area contributed by atoms with Crippen molar-refractivity contribution in [2.24, 2.45) is 0 Å². The van der Waals surface area contributed by atoms with Gasteiger partial charge < -0.3 is 20.5 Å². The number of hydrogen-bond donors (Lipinski definition) is 2. The van der Waals surface area contributed by atoms with Gasteiger partial charge in [-0.2, -0.15) is 4.98 Å². The Morgan fingerprint density at radius 1 is 1.06 bits per heavy atom. The summed E-state index contributed by atoms with van der Waals surface area (Å²) in [4.78, 5) is 11.1. The van der Waals surface area contributed by atoms with Crippen LogP contribution in [0.15, 0.2) is 54.7 Å². The van der Waals surface area contributed by atoms with E-state index in [0.717, 1.165) is 79.6 Å². The summed E-state index contributed by atoms with van der Waals surface area (Å²) in [6.45, 7) is 5.51. The van der Waals surface area contributed by atoms with Crippen LogP contribution in [0.1, 0.15) is 6.42 Å². The number of aromatic nitrogens is 2. The molecule has 0 amide bonds. The summed E-state index contributed by atoms with van der Waals surface area (Å²) in [5, 5.41) is 3.46. The fourth-order valence-corrected chi connectivity index (χ4v) is 3.74. The zero-order valence-corrected chi connectivity index (χ0v) is 17.9. The van der Waals surface area contributed by atoms with Gasteiger partial charge in [-0.25, -0.2) is 4.98 Å². The molecule has 1 aromatic heterocycles. The highest BCUT2D eigenvalue weighted by atomic mass is 16.5. The molecule has 7 nitrogen and oxygen atoms in total. The third-order valence-electron chi connectivity index (χ3n) is 5.43. The highest BCUT2D eigenvalue weighted by Gasteiger charge is 2.12. The van der Waals surface area contributed by atoms with Crippen LogP contribution < -0.4 is 15.8 Å². The van der Waals surface area contributed by atoms with Gasteiger partial charge in [-0.05, 0) is 47.9 Å². The van der Waals surface area contributed by atoms with Gasteiger partial charge in [-0.15, -0.1) is 0 Å². The van der Waals surface area contributed by atoms with Crippen LogP contribution in [0.3, 0.4) is 0 Å². The van der Waals surface area contributed by atoms with Gasteiger partial charge in [-0.1, -0.05) is 30.3 Å². The first-order valence-electron chi connectivity index (χ1n) is 10.6. The molecule has 31 heavy (non-hydrogen) atoms. The molecule has 0 unspecified atom stereocenters. The number of anilines is 2. The Balaban J connectivity index is 1.50. The Bertz CT molecular complexity index is 1000. The number of nitrogen functional groups attached to an aromatic ring is 1. The van der Waals surface area contributed by atoms with E-state index in [2.05, 4.69) is 44.5 Å². The second kappa shape index (κ2) is 10.2. The molecule has 162 valence electrons. The van der Waals surface area contributed by atoms with Crippen molar-refractivity contribution in [2.75, 3.05) is 57.6 Å². The molecule has 0 saturated carbocycles. The Labute approximate surface area is 183 Å². The number of nitrogens with one attached hydrogen (secondary N) is 1. The number of nitrogens with two attached hydrogens (primary N) is 1. The maximum absolute atomic E-state index is 5.88. The van der Waals surface area contributed by atoms with Gasteiger partial charge in [0, 0.05) is 31.4 Å². The summed E-state index contributed by atoms with van der Waals surface area (Å²) >= 11 is 0. The van der Waals surface area contributed by atoms with E-state index >= 15 is 0 Å². The average molecular weight is 420 g/mol. The van der Waals surface area contributed by atoms with E-state index in [1.54, 1.807) is 13.3 Å². The number of hydrogen-bond acceptors (Lipinski definition) is 7. The molecule has 0 radical (unpaired) electrons. The minimum absolute atomic E-state index is 0.267. The minimum Gasteiger partial charge on any atom is -0.497 e. The van der Waals surface area contributed by atoms with E-state index in [0.29, 0.717) is 0 Å². The second-order valence-electron chi connectivity index (χ2n) is 7.54. The first-order valence-corrected chi connectivity index (χ1v) is 10.6. The monoisotopic (exact) mass is 419 g/mol. The third-order valence-corrected chi connectivity index (χ3v) is 5.43. The summed E-state index contributed by atoms with van der Waals surface area (Å²) < 4.78 is 10.8. The lowest BCUT2D eigenvalue weighted by molar-refractivity contribution is 0.0378. The number of ether oxygens (including phenoxy) is 2. The second-order valence-corrected chi connectivity index (χ2v) is 7.54. The minimum atomic E-state index is 0.267. The van der Waals surface area contributed by atoms with E-state index in [1.807, 2.05) is 24.3 Å². The standard InChI is InChI=1S/C24H29N5O2/c1-30-21-8-3-6-19(16-21)18-5-2-7-20(15-18)22-17-27-24(25)28-23(22)26-9-4-10-29-11-13-31-14-12-29/h2-3,5-8,15-17H,4,9-14H2,1H3,(H3,25,26,27,28). The lowest BCUT2D eigenvalue weighted by atomic mass is 10.00. The lowest BCUT2D eigenvalue weighted by Crippen LogP contribution is -2.37. The number of rotatable bonds is 8. The van der Waals surface area contributed by atoms with Crippen LogP contribution in [0.4, 0.5) is 11.8 Å². The van der Waals surface area contributed by atoms with Gasteiger partial charge in [0.1, 0.15) is 11.6 Å². The molecule has 3 N–H and O–H groups in total. The molecule has 2 heterocycles. The fraction of sp³-hybridized carbons (Fsp3) is 0.333. The molecule has 4 rings (SSSR count). The quantitative estimate of drug-likeness (QED) is 0.540. The third kappa shape index (κ3) is 5.51. The molecule has 7 heteroatoms. The van der Waals surface area contributed by atoms with Crippen LogP contribution in [0, 0.1) is 0 Å². The van der Waals surface area contributed by atoms with Crippen molar-refractivity contribution < 1.29 is 9.47 Å². The van der Waals surface area contributed by atoms with Crippen molar-refractivity contribution in [1.82, 2.24) is 14.9 Å². The van der Waals surface area contributed by atoms with Gasteiger partial charge in [0.05, 0.1) is 20.3 Å². The summed E-state index contributed by atoms with van der Waals surface area (Å²) in [7, 11) is 1.68. The largest absolute Gasteiger partial charge is 0.497 e. The molecular formula is C24H29N5O2. The van der Waals surface area contributed by atoms with E-state index in [4.69, 9.17) is 15.2 Å². The first-order chi connectivity index (χ1) is 15.2. The molecule has 1 aliphatic rings. The molecule has 1 saturated heterocycles. The van der Waals surface area contributed by atoms with Crippen LogP contribution in [0.5, 0.6) is 5.75 Å². The Hall–Kier alpha value is -3.16. The van der Waals surface area contributed by atoms with Gasteiger partial charge in [-0.3, -0.25) is 4.90 Å². The molecule has 0 spiro atoms. The molecule has 3 aromatic rings. The molecule has 0 atom stereocenters. The molecule has 0 bridgehead atoms. The maximum atomic E-state index is 5.88. The van der Waals surface area contributed by atoms with Gasteiger partial charge in [0.25, 0.3) is 0 Å². The summed E-state index contributed by atoms with van der Waals surface area (Å²) in [6, 6.07) is 16.4. The highest BCUT2D eigenvalue weighted by Crippen LogP contribution is 2.31. The van der Waals surface area contributed by atoms with Crippen molar-refractivity contribution in [3.05, 3.63) is 54.7 Å². The van der Waals surface area contributed by atoms with Crippen LogP contribution in [0.25, 0.3) is 22.3 Å². The van der Waals surface area contributed by atoms with Crippen molar-refractivity contribution in [3.8, 4) is 28.0 Å². The van der Waals surface area contributed by atoms with Crippen LogP contribution in [0.2, 0.25) is 0 Å². The van der Waals surface area contributed by atoms with Crippen molar-refractivity contribution in [1.29, 1.82) is 0 Å². The van der Waals surface area contributed by atoms with Crippen LogP contribution >= 0.6 is 0 Å². The molecule has 1 fully saturated rings.